The Morgan fingerprint density at radius 1 is 1.26 bits per heavy atom. The number of benzene rings is 1. The highest BCUT2D eigenvalue weighted by atomic mass is 16.5. The van der Waals surface area contributed by atoms with Crippen molar-refractivity contribution < 1.29 is 28.5 Å². The molecule has 0 radical (unpaired) electrons. The first-order valence-corrected chi connectivity index (χ1v) is 11.5. The molecule has 1 N–H and O–H groups in total. The molecule has 0 fully saturated rings. The van der Waals surface area contributed by atoms with Gasteiger partial charge in [0.15, 0.2) is 11.5 Å². The third-order valence-electron chi connectivity index (χ3n) is 5.47. The number of aliphatic hydroxyl groups excluding tert-OH is 1. The summed E-state index contributed by atoms with van der Waals surface area (Å²) in [5, 5.41) is 10.7. The van der Waals surface area contributed by atoms with E-state index in [1.165, 1.54) is 0 Å². The third-order valence-corrected chi connectivity index (χ3v) is 5.47. The molecule has 8 heteroatoms. The van der Waals surface area contributed by atoms with E-state index in [1.807, 2.05) is 49.9 Å². The van der Waals surface area contributed by atoms with Gasteiger partial charge in [0, 0.05) is 30.8 Å². The molecule has 0 bridgehead atoms. The van der Waals surface area contributed by atoms with Gasteiger partial charge in [-0.3, -0.25) is 4.79 Å². The van der Waals surface area contributed by atoms with Gasteiger partial charge in [0.1, 0.15) is 12.4 Å². The van der Waals surface area contributed by atoms with Gasteiger partial charge in [-0.25, -0.2) is 0 Å². The van der Waals surface area contributed by atoms with Gasteiger partial charge in [-0.05, 0) is 45.0 Å². The first-order valence-electron chi connectivity index (χ1n) is 11.5. The molecule has 1 amide bonds. The van der Waals surface area contributed by atoms with Crippen molar-refractivity contribution in [2.75, 3.05) is 38.3 Å². The molecule has 34 heavy (non-hydrogen) atoms. The zero-order chi connectivity index (χ0) is 24.7. The fourth-order valence-corrected chi connectivity index (χ4v) is 3.87. The molecule has 0 saturated carbocycles. The average molecular weight is 473 g/mol. The van der Waals surface area contributed by atoms with Crippen molar-refractivity contribution in [1.82, 2.24) is 4.90 Å². The molecule has 1 aromatic heterocycles. The lowest BCUT2D eigenvalue weighted by atomic mass is 10.1. The molecule has 1 aromatic carbocycles. The van der Waals surface area contributed by atoms with Crippen molar-refractivity contribution in [2.24, 2.45) is 0 Å². The minimum atomic E-state index is -0.722. The van der Waals surface area contributed by atoms with Crippen LogP contribution in [0.15, 0.2) is 47.6 Å². The van der Waals surface area contributed by atoms with Gasteiger partial charge in [-0.15, -0.1) is 0 Å². The number of aliphatic hydroxyl groups is 1. The van der Waals surface area contributed by atoms with Crippen molar-refractivity contribution in [3.8, 4) is 11.5 Å². The molecule has 2 heterocycles. The van der Waals surface area contributed by atoms with Crippen molar-refractivity contribution in [3.63, 3.8) is 0 Å². The lowest BCUT2D eigenvalue weighted by Crippen LogP contribution is -2.42. The monoisotopic (exact) mass is 472 g/mol. The lowest BCUT2D eigenvalue weighted by molar-refractivity contribution is -0.132. The van der Waals surface area contributed by atoms with Crippen LogP contribution in [0.5, 0.6) is 11.5 Å². The maximum absolute atomic E-state index is 13.2. The largest absolute Gasteiger partial charge is 0.493 e. The average Bonchev–Trinajstić information content (AvgIpc) is 3.30. The number of amides is 1. The Morgan fingerprint density at radius 3 is 2.71 bits per heavy atom. The highest BCUT2D eigenvalue weighted by Crippen LogP contribution is 2.40. The first kappa shape index (κ1) is 25.6. The number of carbonyl (C=O) groups excluding carboxylic acids is 1. The summed E-state index contributed by atoms with van der Waals surface area (Å²) in [6, 6.07) is 7.46. The van der Waals surface area contributed by atoms with Crippen LogP contribution in [0.4, 0.5) is 5.69 Å². The molecule has 1 aliphatic heterocycles. The quantitative estimate of drug-likeness (QED) is 0.527. The maximum Gasteiger partial charge on any atom is 0.225 e. The summed E-state index contributed by atoms with van der Waals surface area (Å²) in [5.41, 5.74) is 1.34. The summed E-state index contributed by atoms with van der Waals surface area (Å²) >= 11 is 0. The predicted molar refractivity (Wildman–Crippen MR) is 130 cm³/mol. The number of carbonyl (C=O) groups is 1. The highest BCUT2D eigenvalue weighted by molar-refractivity contribution is 5.79. The van der Waals surface area contributed by atoms with Crippen molar-refractivity contribution >= 4 is 11.6 Å². The number of nitrogens with zero attached hydrogens (tertiary/aromatic N) is 2. The Morgan fingerprint density at radius 2 is 2.06 bits per heavy atom. The van der Waals surface area contributed by atoms with Gasteiger partial charge in [-0.1, -0.05) is 12.7 Å². The summed E-state index contributed by atoms with van der Waals surface area (Å²) in [7, 11) is 1.59. The summed E-state index contributed by atoms with van der Waals surface area (Å²) in [4.78, 5) is 16.9. The number of β-amino-alcohol motifs (C(OH)–C–C–N with tert-alkyl or cyclic N) is 1. The van der Waals surface area contributed by atoms with Crippen LogP contribution < -0.4 is 14.4 Å². The van der Waals surface area contributed by atoms with Crippen LogP contribution in [-0.4, -0.2) is 61.0 Å². The Kier molecular flexibility index (Phi) is 8.63. The second-order valence-electron chi connectivity index (χ2n) is 9.30. The van der Waals surface area contributed by atoms with E-state index < -0.39 is 6.10 Å². The van der Waals surface area contributed by atoms with Crippen LogP contribution in [0, 0.1) is 0 Å². The molecule has 2 aromatic rings. The molecule has 1 unspecified atom stereocenters. The van der Waals surface area contributed by atoms with Crippen molar-refractivity contribution in [2.45, 2.75) is 52.0 Å². The first-order chi connectivity index (χ1) is 16.2. The molecular formula is C26H36N2O6. The van der Waals surface area contributed by atoms with Crippen molar-refractivity contribution in [3.05, 3.63) is 54.5 Å². The van der Waals surface area contributed by atoms with Crippen LogP contribution in [-0.2, 0) is 22.6 Å². The molecule has 0 saturated heterocycles. The Hall–Kier alpha value is -2.97. The second-order valence-corrected chi connectivity index (χ2v) is 9.30. The van der Waals surface area contributed by atoms with Gasteiger partial charge >= 0.3 is 0 Å². The van der Waals surface area contributed by atoms with E-state index in [4.69, 9.17) is 18.6 Å². The van der Waals surface area contributed by atoms with E-state index in [9.17, 15) is 9.90 Å². The van der Waals surface area contributed by atoms with E-state index in [0.717, 1.165) is 11.3 Å². The smallest absolute Gasteiger partial charge is 0.225 e. The van der Waals surface area contributed by atoms with E-state index in [0.29, 0.717) is 56.5 Å². The van der Waals surface area contributed by atoms with E-state index in [2.05, 4.69) is 6.58 Å². The van der Waals surface area contributed by atoms with Gasteiger partial charge in [-0.2, -0.15) is 0 Å². The number of ether oxygens (including phenoxy) is 3. The molecule has 8 nitrogen and oxygen atoms in total. The standard InChI is InChI=1S/C26H36N2O6/c1-6-13-33-25-21-17-28(16-20-8-7-14-32-20)24(30)11-12-27(22(21)9-10-23(25)31-5)15-19(29)18-34-26(2,3)4/h6-10,14,19,29H,1,11-13,15-18H2,2-5H3. The molecule has 0 aliphatic carbocycles. The molecule has 186 valence electrons. The summed E-state index contributed by atoms with van der Waals surface area (Å²) < 4.78 is 22.9. The Balaban J connectivity index is 1.96. The molecule has 3 rings (SSSR count). The van der Waals surface area contributed by atoms with E-state index in [1.54, 1.807) is 24.3 Å². The SMILES string of the molecule is C=CCOc1c(OC)ccc2c1CN(Cc1ccco1)C(=O)CCN2CC(O)COC(C)(C)C. The highest BCUT2D eigenvalue weighted by Gasteiger charge is 2.29. The number of hydrogen-bond acceptors (Lipinski definition) is 7. The van der Waals surface area contributed by atoms with E-state index >= 15 is 0 Å². The lowest BCUT2D eigenvalue weighted by Gasteiger charge is -2.35. The number of furan rings is 1. The third kappa shape index (κ3) is 6.77. The Labute approximate surface area is 201 Å². The predicted octanol–water partition coefficient (Wildman–Crippen LogP) is 3.77. The normalized spacial score (nSPS) is 15.4. The summed E-state index contributed by atoms with van der Waals surface area (Å²) in [6.07, 6.45) is 2.85. The summed E-state index contributed by atoms with van der Waals surface area (Å²) in [6.45, 7) is 11.5. The minimum absolute atomic E-state index is 0.00929. The van der Waals surface area contributed by atoms with Gasteiger partial charge in [0.25, 0.3) is 0 Å². The number of methoxy groups -OCH3 is 1. The van der Waals surface area contributed by atoms with Gasteiger partial charge in [0.05, 0.1) is 44.8 Å². The van der Waals surface area contributed by atoms with Crippen LogP contribution >= 0.6 is 0 Å². The fraction of sp³-hybridized carbons (Fsp3) is 0.500. The van der Waals surface area contributed by atoms with E-state index in [-0.39, 0.29) is 18.1 Å². The molecule has 0 spiro atoms. The Bertz CT molecular complexity index is 951. The zero-order valence-corrected chi connectivity index (χ0v) is 20.6. The molecule has 1 aliphatic rings. The number of hydrogen-bond donors (Lipinski definition) is 1. The molecular weight excluding hydrogens is 436 g/mol. The number of rotatable bonds is 10. The van der Waals surface area contributed by atoms with Crippen LogP contribution in [0.2, 0.25) is 0 Å². The van der Waals surface area contributed by atoms with Crippen LogP contribution in [0.25, 0.3) is 0 Å². The second kappa shape index (κ2) is 11.4. The zero-order valence-electron chi connectivity index (χ0n) is 20.6. The minimum Gasteiger partial charge on any atom is -0.493 e. The van der Waals surface area contributed by atoms with Crippen LogP contribution in [0.3, 0.4) is 0 Å². The number of fused-ring (bicyclic) bond motifs is 1. The van der Waals surface area contributed by atoms with Crippen molar-refractivity contribution in [1.29, 1.82) is 0 Å². The number of anilines is 1. The maximum atomic E-state index is 13.2. The van der Waals surface area contributed by atoms with Gasteiger partial charge in [0.2, 0.25) is 5.91 Å². The van der Waals surface area contributed by atoms with Crippen LogP contribution in [0.1, 0.15) is 38.5 Å². The summed E-state index contributed by atoms with van der Waals surface area (Å²) in [5.74, 6) is 1.83. The van der Waals surface area contributed by atoms with Gasteiger partial charge < -0.3 is 33.5 Å². The molecule has 1 atom stereocenters. The fourth-order valence-electron chi connectivity index (χ4n) is 3.87. The topological polar surface area (TPSA) is 84.6 Å².